The molecule has 114 valence electrons. The van der Waals surface area contributed by atoms with E-state index in [0.717, 1.165) is 6.54 Å². The number of rotatable bonds is 4. The van der Waals surface area contributed by atoms with Crippen LogP contribution < -0.4 is 5.32 Å². The Hall–Kier alpha value is -1.06. The van der Waals surface area contributed by atoms with Gasteiger partial charge in [0.25, 0.3) is 0 Å². The van der Waals surface area contributed by atoms with Crippen LogP contribution in [0.5, 0.6) is 0 Å². The molecule has 1 saturated heterocycles. The molecule has 2 atom stereocenters. The van der Waals surface area contributed by atoms with Gasteiger partial charge in [-0.05, 0) is 38.5 Å². The normalized spacial score (nSPS) is 32.4. The molecule has 0 spiro atoms. The van der Waals surface area contributed by atoms with Crippen molar-refractivity contribution in [1.82, 2.24) is 10.2 Å². The predicted octanol–water partition coefficient (Wildman–Crippen LogP) is 2.47. The molecule has 4 nitrogen and oxygen atoms in total. The Labute approximate surface area is 122 Å². The summed E-state index contributed by atoms with van der Waals surface area (Å²) in [4.78, 5) is 26.9. The zero-order valence-electron chi connectivity index (χ0n) is 13.1. The van der Waals surface area contributed by atoms with Gasteiger partial charge >= 0.3 is 0 Å². The first kappa shape index (κ1) is 15.3. The lowest BCUT2D eigenvalue weighted by atomic mass is 9.86. The number of hydrogen-bond acceptors (Lipinski definition) is 2. The third-order valence-electron chi connectivity index (χ3n) is 5.08. The first-order valence-corrected chi connectivity index (χ1v) is 8.15. The van der Waals surface area contributed by atoms with E-state index < -0.39 is 5.54 Å². The summed E-state index contributed by atoms with van der Waals surface area (Å²) < 4.78 is 0. The van der Waals surface area contributed by atoms with Crippen molar-refractivity contribution < 1.29 is 9.59 Å². The number of nitrogens with one attached hydrogen (secondary N) is 1. The molecule has 4 heteroatoms. The van der Waals surface area contributed by atoms with Crippen LogP contribution in [0.25, 0.3) is 0 Å². The topological polar surface area (TPSA) is 49.4 Å². The molecule has 2 amide bonds. The Morgan fingerprint density at radius 2 is 1.85 bits per heavy atom. The zero-order valence-corrected chi connectivity index (χ0v) is 13.1. The minimum atomic E-state index is -0.711. The van der Waals surface area contributed by atoms with Crippen LogP contribution in [-0.4, -0.2) is 34.8 Å². The fraction of sp³-hybridized carbons (Fsp3) is 0.875. The highest BCUT2D eigenvalue weighted by atomic mass is 16.2. The average molecular weight is 280 g/mol. The van der Waals surface area contributed by atoms with Crippen LogP contribution in [0.4, 0.5) is 0 Å². The summed E-state index contributed by atoms with van der Waals surface area (Å²) >= 11 is 0. The van der Waals surface area contributed by atoms with Crippen molar-refractivity contribution in [1.29, 1.82) is 0 Å². The predicted molar refractivity (Wildman–Crippen MR) is 79.2 cm³/mol. The molecule has 2 unspecified atom stereocenters. The number of carbonyl (C=O) groups excluding carboxylic acids is 2. The molecule has 0 radical (unpaired) electrons. The number of hydrogen-bond donors (Lipinski definition) is 1. The number of amides is 2. The number of piperazine rings is 1. The molecular weight excluding hydrogens is 252 g/mol. The molecule has 1 heterocycles. The van der Waals surface area contributed by atoms with Crippen LogP contribution in [0.2, 0.25) is 0 Å². The van der Waals surface area contributed by atoms with Crippen molar-refractivity contribution in [3.05, 3.63) is 0 Å². The quantitative estimate of drug-likeness (QED) is 0.860. The second-order valence-corrected chi connectivity index (χ2v) is 6.56. The van der Waals surface area contributed by atoms with E-state index in [1.54, 1.807) is 0 Å². The van der Waals surface area contributed by atoms with E-state index in [-0.39, 0.29) is 17.9 Å². The van der Waals surface area contributed by atoms with Gasteiger partial charge < -0.3 is 10.2 Å². The van der Waals surface area contributed by atoms with Crippen LogP contribution in [0.3, 0.4) is 0 Å². The fourth-order valence-corrected chi connectivity index (χ4v) is 3.51. The summed E-state index contributed by atoms with van der Waals surface area (Å²) in [5.41, 5.74) is -0.711. The van der Waals surface area contributed by atoms with Crippen molar-refractivity contribution in [2.45, 2.75) is 77.3 Å². The van der Waals surface area contributed by atoms with Crippen molar-refractivity contribution in [3.8, 4) is 0 Å². The van der Waals surface area contributed by atoms with Gasteiger partial charge in [0, 0.05) is 6.54 Å². The molecule has 2 rings (SSSR count). The van der Waals surface area contributed by atoms with E-state index in [1.165, 1.54) is 32.1 Å². The Balaban J connectivity index is 2.15. The maximum Gasteiger partial charge on any atom is 0.248 e. The third kappa shape index (κ3) is 2.84. The Morgan fingerprint density at radius 3 is 2.40 bits per heavy atom. The minimum Gasteiger partial charge on any atom is -0.340 e. The maximum absolute atomic E-state index is 12.8. The lowest BCUT2D eigenvalue weighted by Gasteiger charge is -2.45. The van der Waals surface area contributed by atoms with Crippen LogP contribution in [0, 0.1) is 5.92 Å². The lowest BCUT2D eigenvalue weighted by Crippen LogP contribution is -2.69. The first-order chi connectivity index (χ1) is 9.51. The third-order valence-corrected chi connectivity index (χ3v) is 5.08. The summed E-state index contributed by atoms with van der Waals surface area (Å²) in [6.07, 6.45) is 7.59. The standard InChI is InChI=1S/C16H28N2O2/c1-4-13-14(19)17-16(3,5-2)15(20)18(13)11-12-9-7-6-8-10-12/h12-13H,4-11H2,1-3H3,(H,17,19). The van der Waals surface area contributed by atoms with Crippen LogP contribution in [0.15, 0.2) is 0 Å². The van der Waals surface area contributed by atoms with Crippen molar-refractivity contribution >= 4 is 11.8 Å². The van der Waals surface area contributed by atoms with Crippen LogP contribution in [0.1, 0.15) is 65.7 Å². The van der Waals surface area contributed by atoms with Gasteiger partial charge in [0.1, 0.15) is 11.6 Å². The van der Waals surface area contributed by atoms with E-state index in [0.29, 0.717) is 18.8 Å². The number of carbonyl (C=O) groups is 2. The average Bonchev–Trinajstić information content (AvgIpc) is 2.46. The van der Waals surface area contributed by atoms with E-state index in [2.05, 4.69) is 5.32 Å². The molecule has 0 bridgehead atoms. The molecule has 1 saturated carbocycles. The molecule has 1 aliphatic heterocycles. The van der Waals surface area contributed by atoms with Gasteiger partial charge in [-0.1, -0.05) is 33.1 Å². The van der Waals surface area contributed by atoms with E-state index in [9.17, 15) is 9.59 Å². The summed E-state index contributed by atoms with van der Waals surface area (Å²) in [6.45, 7) is 6.57. The molecule has 20 heavy (non-hydrogen) atoms. The van der Waals surface area contributed by atoms with Gasteiger partial charge in [0.05, 0.1) is 0 Å². The molecule has 2 fully saturated rings. The highest BCUT2D eigenvalue weighted by Crippen LogP contribution is 2.29. The SMILES string of the molecule is CCC1C(=O)NC(C)(CC)C(=O)N1CC1CCCCC1. The van der Waals surface area contributed by atoms with Crippen molar-refractivity contribution in [2.24, 2.45) is 5.92 Å². The molecular formula is C16H28N2O2. The van der Waals surface area contributed by atoms with Gasteiger partial charge in [-0.2, -0.15) is 0 Å². The van der Waals surface area contributed by atoms with E-state index in [1.807, 2.05) is 25.7 Å². The highest BCUT2D eigenvalue weighted by molar-refractivity contribution is 5.99. The van der Waals surface area contributed by atoms with Crippen molar-refractivity contribution in [3.63, 3.8) is 0 Å². The minimum absolute atomic E-state index is 0.0206. The second-order valence-electron chi connectivity index (χ2n) is 6.56. The van der Waals surface area contributed by atoms with Gasteiger partial charge in [-0.15, -0.1) is 0 Å². The second kappa shape index (κ2) is 6.15. The highest BCUT2D eigenvalue weighted by Gasteiger charge is 2.46. The monoisotopic (exact) mass is 280 g/mol. The fourth-order valence-electron chi connectivity index (χ4n) is 3.51. The maximum atomic E-state index is 12.8. The molecule has 1 N–H and O–H groups in total. The first-order valence-electron chi connectivity index (χ1n) is 8.15. The molecule has 0 aromatic carbocycles. The van der Waals surface area contributed by atoms with Crippen LogP contribution >= 0.6 is 0 Å². The Kier molecular flexibility index (Phi) is 4.71. The Morgan fingerprint density at radius 1 is 1.20 bits per heavy atom. The summed E-state index contributed by atoms with van der Waals surface area (Å²) in [6, 6.07) is -0.274. The molecule has 2 aliphatic rings. The van der Waals surface area contributed by atoms with E-state index >= 15 is 0 Å². The van der Waals surface area contributed by atoms with Gasteiger partial charge in [-0.3, -0.25) is 9.59 Å². The Bertz CT molecular complexity index is 377. The van der Waals surface area contributed by atoms with Gasteiger partial charge in [0.2, 0.25) is 11.8 Å². The smallest absolute Gasteiger partial charge is 0.248 e. The van der Waals surface area contributed by atoms with Crippen molar-refractivity contribution in [2.75, 3.05) is 6.54 Å². The molecule has 0 aromatic rings. The summed E-state index contributed by atoms with van der Waals surface area (Å²) in [5, 5.41) is 2.93. The van der Waals surface area contributed by atoms with E-state index in [4.69, 9.17) is 0 Å². The molecule has 0 aromatic heterocycles. The van der Waals surface area contributed by atoms with Gasteiger partial charge in [0.15, 0.2) is 0 Å². The van der Waals surface area contributed by atoms with Gasteiger partial charge in [-0.25, -0.2) is 0 Å². The lowest BCUT2D eigenvalue weighted by molar-refractivity contribution is -0.155. The zero-order chi connectivity index (χ0) is 14.8. The number of nitrogens with zero attached hydrogens (tertiary/aromatic N) is 1. The van der Waals surface area contributed by atoms with Crippen LogP contribution in [-0.2, 0) is 9.59 Å². The summed E-state index contributed by atoms with van der Waals surface area (Å²) in [7, 11) is 0. The molecule has 1 aliphatic carbocycles. The summed E-state index contributed by atoms with van der Waals surface area (Å²) in [5.74, 6) is 0.707. The largest absolute Gasteiger partial charge is 0.340 e.